The number of halogens is 4. The molecule has 146 valence electrons. The molecule has 0 aliphatic carbocycles. The normalized spacial score (nSPS) is 11.5. The average Bonchev–Trinajstić information content (AvgIpc) is 2.97. The van der Waals surface area contributed by atoms with E-state index in [2.05, 4.69) is 17.0 Å². The van der Waals surface area contributed by atoms with E-state index >= 15 is 0 Å². The van der Waals surface area contributed by atoms with Crippen molar-refractivity contribution in [2.45, 2.75) is 12.8 Å². The second-order valence-corrected chi connectivity index (χ2v) is 6.21. The molecule has 0 aliphatic rings. The molecule has 0 atom stereocenters. The topological polar surface area (TPSA) is 61.9 Å². The first kappa shape index (κ1) is 19.7. The molecule has 28 heavy (non-hydrogen) atoms. The van der Waals surface area contributed by atoms with Crippen molar-refractivity contribution in [2.75, 3.05) is 0 Å². The summed E-state index contributed by atoms with van der Waals surface area (Å²) in [4.78, 5) is 12.2. The van der Waals surface area contributed by atoms with Crippen LogP contribution < -0.4 is 10.4 Å². The van der Waals surface area contributed by atoms with Gasteiger partial charge in [0.2, 0.25) is 0 Å². The van der Waals surface area contributed by atoms with Crippen LogP contribution in [0.25, 0.3) is 11.8 Å². The zero-order valence-corrected chi connectivity index (χ0v) is 15.3. The lowest BCUT2D eigenvalue weighted by Gasteiger charge is -2.16. The van der Waals surface area contributed by atoms with Crippen LogP contribution in [-0.2, 0) is 19.8 Å². The fraction of sp³-hybridized carbons (Fsp3) is 0.167. The molecule has 1 aromatic heterocycles. The van der Waals surface area contributed by atoms with Gasteiger partial charge >= 0.3 is 11.9 Å². The van der Waals surface area contributed by atoms with Crippen LogP contribution in [0.3, 0.4) is 0 Å². The number of tetrazole rings is 1. The maximum absolute atomic E-state index is 13.2. The molecular formula is C18H14ClF3N4O2. The lowest BCUT2D eigenvalue weighted by molar-refractivity contribution is -0.139. The highest BCUT2D eigenvalue weighted by Crippen LogP contribution is 2.38. The Morgan fingerprint density at radius 1 is 1.25 bits per heavy atom. The quantitative estimate of drug-likeness (QED) is 0.640. The van der Waals surface area contributed by atoms with Crippen molar-refractivity contribution in [1.29, 1.82) is 0 Å². The molecule has 3 rings (SSSR count). The van der Waals surface area contributed by atoms with E-state index in [1.54, 1.807) is 18.2 Å². The summed E-state index contributed by atoms with van der Waals surface area (Å²) >= 11 is 5.83. The third-order valence-electron chi connectivity index (χ3n) is 3.98. The zero-order valence-electron chi connectivity index (χ0n) is 14.6. The molecule has 1 heterocycles. The fourth-order valence-corrected chi connectivity index (χ4v) is 2.77. The van der Waals surface area contributed by atoms with E-state index in [4.69, 9.17) is 16.3 Å². The second-order valence-electron chi connectivity index (χ2n) is 5.77. The lowest BCUT2D eigenvalue weighted by Crippen LogP contribution is -2.23. The zero-order chi connectivity index (χ0) is 20.5. The molecule has 6 nitrogen and oxygen atoms in total. The van der Waals surface area contributed by atoms with E-state index in [0.29, 0.717) is 16.8 Å². The highest BCUT2D eigenvalue weighted by atomic mass is 35.5. The largest absolute Gasteiger partial charge is 0.488 e. The minimum Gasteiger partial charge on any atom is -0.488 e. The number of hydrogen-bond acceptors (Lipinski definition) is 4. The molecule has 0 radical (unpaired) electrons. The summed E-state index contributed by atoms with van der Waals surface area (Å²) in [5.41, 5.74) is -0.141. The van der Waals surface area contributed by atoms with E-state index in [1.807, 2.05) is 0 Å². The number of nitrogens with zero attached hydrogens (tertiary/aromatic N) is 4. The van der Waals surface area contributed by atoms with Crippen LogP contribution in [0.2, 0.25) is 5.02 Å². The summed E-state index contributed by atoms with van der Waals surface area (Å²) in [6, 6.07) is 8.03. The van der Waals surface area contributed by atoms with Crippen molar-refractivity contribution in [2.24, 2.45) is 7.05 Å². The van der Waals surface area contributed by atoms with Gasteiger partial charge in [-0.05, 0) is 40.3 Å². The van der Waals surface area contributed by atoms with Crippen LogP contribution in [0, 0.1) is 0 Å². The summed E-state index contributed by atoms with van der Waals surface area (Å²) in [5, 5.41) is 7.53. The van der Waals surface area contributed by atoms with Gasteiger partial charge in [-0.25, -0.2) is 4.79 Å². The molecular weight excluding hydrogens is 397 g/mol. The van der Waals surface area contributed by atoms with Crippen LogP contribution in [-0.4, -0.2) is 19.8 Å². The molecule has 10 heteroatoms. The van der Waals surface area contributed by atoms with Gasteiger partial charge in [-0.15, -0.1) is 0 Å². The summed E-state index contributed by atoms with van der Waals surface area (Å²) in [7, 11) is 1.43. The van der Waals surface area contributed by atoms with Gasteiger partial charge in [0.05, 0.1) is 11.3 Å². The summed E-state index contributed by atoms with van der Waals surface area (Å²) in [5.74, 6) is -0.420. The minimum absolute atomic E-state index is 0.102. The summed E-state index contributed by atoms with van der Waals surface area (Å²) in [6.45, 7) is 3.42. The Hall–Kier alpha value is -3.07. The summed E-state index contributed by atoms with van der Waals surface area (Å²) < 4.78 is 47.3. The van der Waals surface area contributed by atoms with E-state index in [9.17, 15) is 18.0 Å². The Balaban J connectivity index is 2.05. The van der Waals surface area contributed by atoms with Gasteiger partial charge in [-0.1, -0.05) is 36.4 Å². The van der Waals surface area contributed by atoms with Crippen molar-refractivity contribution in [3.05, 3.63) is 75.2 Å². The predicted octanol–water partition coefficient (Wildman–Crippen LogP) is 3.86. The molecule has 0 N–H and O–H groups in total. The first-order valence-electron chi connectivity index (χ1n) is 7.95. The molecule has 0 bridgehead atoms. The Bertz CT molecular complexity index is 1090. The van der Waals surface area contributed by atoms with Gasteiger partial charge in [0.1, 0.15) is 12.4 Å². The van der Waals surface area contributed by atoms with E-state index < -0.39 is 23.2 Å². The third-order valence-corrected chi connectivity index (χ3v) is 4.21. The van der Waals surface area contributed by atoms with Gasteiger partial charge in [-0.2, -0.15) is 22.5 Å². The van der Waals surface area contributed by atoms with Gasteiger partial charge in [-0.3, -0.25) is 0 Å². The lowest BCUT2D eigenvalue weighted by atomic mass is 10.1. The molecule has 0 saturated heterocycles. The number of aromatic nitrogens is 4. The molecule has 0 fully saturated rings. The maximum Gasteiger partial charge on any atom is 0.419 e. The fourth-order valence-electron chi connectivity index (χ4n) is 2.60. The molecule has 0 spiro atoms. The molecule has 2 aromatic carbocycles. The van der Waals surface area contributed by atoms with Crippen molar-refractivity contribution in [3.8, 4) is 11.4 Å². The number of hydrogen-bond donors (Lipinski definition) is 0. The van der Waals surface area contributed by atoms with Crippen LogP contribution in [0.5, 0.6) is 5.75 Å². The third kappa shape index (κ3) is 3.79. The Morgan fingerprint density at radius 2 is 2.00 bits per heavy atom. The minimum atomic E-state index is -4.61. The molecule has 0 aliphatic heterocycles. The highest BCUT2D eigenvalue weighted by Gasteiger charge is 2.34. The van der Waals surface area contributed by atoms with Crippen LogP contribution in [0.1, 0.15) is 16.7 Å². The van der Waals surface area contributed by atoms with E-state index in [1.165, 1.54) is 13.1 Å². The standard InChI is InChI=1S/C18H14ClF3N4O2/c1-3-11-5-4-6-15(26-17(27)25(2)23-24-26)13(11)10-28-16-9-12(19)7-8-14(16)18(20,21)22/h3-9H,1,10H2,2H3. The number of benzene rings is 2. The van der Waals surface area contributed by atoms with E-state index in [-0.39, 0.29) is 11.6 Å². The molecule has 3 aromatic rings. The monoisotopic (exact) mass is 410 g/mol. The predicted molar refractivity (Wildman–Crippen MR) is 97.5 cm³/mol. The molecule has 0 amide bonds. The van der Waals surface area contributed by atoms with Gasteiger partial charge < -0.3 is 4.74 Å². The number of ether oxygens (including phenoxy) is 1. The van der Waals surface area contributed by atoms with Crippen LogP contribution in [0.4, 0.5) is 13.2 Å². The Morgan fingerprint density at radius 3 is 2.61 bits per heavy atom. The van der Waals surface area contributed by atoms with Gasteiger partial charge in [0.15, 0.2) is 0 Å². The Kier molecular flexibility index (Phi) is 5.28. The van der Waals surface area contributed by atoms with Crippen molar-refractivity contribution < 1.29 is 17.9 Å². The smallest absolute Gasteiger partial charge is 0.419 e. The molecule has 0 unspecified atom stereocenters. The maximum atomic E-state index is 13.2. The number of aryl methyl sites for hydroxylation is 1. The van der Waals surface area contributed by atoms with Crippen LogP contribution in [0.15, 0.2) is 47.8 Å². The first-order valence-corrected chi connectivity index (χ1v) is 8.33. The van der Waals surface area contributed by atoms with E-state index in [0.717, 1.165) is 27.6 Å². The summed E-state index contributed by atoms with van der Waals surface area (Å²) in [6.07, 6.45) is -3.10. The average molecular weight is 411 g/mol. The SMILES string of the molecule is C=Cc1cccc(-n2nnn(C)c2=O)c1COc1cc(Cl)ccc1C(F)(F)F. The van der Waals surface area contributed by atoms with Crippen molar-refractivity contribution >= 4 is 17.7 Å². The van der Waals surface area contributed by atoms with Crippen molar-refractivity contribution in [3.63, 3.8) is 0 Å². The Labute approximate surface area is 162 Å². The van der Waals surface area contributed by atoms with Crippen molar-refractivity contribution in [1.82, 2.24) is 19.8 Å². The second kappa shape index (κ2) is 7.51. The number of alkyl halides is 3. The highest BCUT2D eigenvalue weighted by molar-refractivity contribution is 6.30. The number of rotatable bonds is 5. The van der Waals surface area contributed by atoms with Crippen LogP contribution >= 0.6 is 11.6 Å². The van der Waals surface area contributed by atoms with Gasteiger partial charge in [0, 0.05) is 17.6 Å². The van der Waals surface area contributed by atoms with Gasteiger partial charge in [0.25, 0.3) is 0 Å². The molecule has 0 saturated carbocycles. The first-order chi connectivity index (χ1) is 13.2.